The Kier molecular flexibility index (Phi) is 4.81. The van der Waals surface area contributed by atoms with Crippen LogP contribution in [0.2, 0.25) is 0 Å². The molecule has 0 aromatic heterocycles. The Balaban J connectivity index is 1.91. The second kappa shape index (κ2) is 6.37. The molecule has 1 fully saturated rings. The van der Waals surface area contributed by atoms with Gasteiger partial charge in [0.05, 0.1) is 0 Å². The maximum absolute atomic E-state index is 9.05. The molecule has 0 unspecified atom stereocenters. The maximum Gasteiger partial charge on any atom is 0.488 e. The molecule has 3 nitrogen and oxygen atoms in total. The number of nitrogens with zero attached hydrogens (tertiary/aromatic N) is 1. The highest BCUT2D eigenvalue weighted by Gasteiger charge is 2.18. The van der Waals surface area contributed by atoms with Gasteiger partial charge in [-0.3, -0.25) is 4.90 Å². The lowest BCUT2D eigenvalue weighted by molar-refractivity contribution is 0.184. The highest BCUT2D eigenvalue weighted by Crippen LogP contribution is 2.22. The van der Waals surface area contributed by atoms with Crippen LogP contribution in [0.4, 0.5) is 0 Å². The first-order valence-electron chi connectivity index (χ1n) is 6.82. The molecule has 1 aromatic carbocycles. The summed E-state index contributed by atoms with van der Waals surface area (Å²) in [6, 6.07) is 8.24. The Labute approximate surface area is 110 Å². The van der Waals surface area contributed by atoms with Crippen LogP contribution < -0.4 is 5.46 Å². The van der Waals surface area contributed by atoms with E-state index in [0.717, 1.165) is 6.54 Å². The minimum atomic E-state index is -1.37. The zero-order valence-corrected chi connectivity index (χ0v) is 11.0. The van der Waals surface area contributed by atoms with Crippen LogP contribution in [0.3, 0.4) is 0 Å². The zero-order valence-electron chi connectivity index (χ0n) is 11.0. The molecule has 0 amide bonds. The molecule has 4 heteroatoms. The molecule has 0 saturated heterocycles. The van der Waals surface area contributed by atoms with E-state index in [0.29, 0.717) is 11.5 Å². The summed E-state index contributed by atoms with van der Waals surface area (Å²) < 4.78 is 0. The number of hydrogen-bond donors (Lipinski definition) is 2. The molecule has 0 heterocycles. The largest absolute Gasteiger partial charge is 0.488 e. The summed E-state index contributed by atoms with van der Waals surface area (Å²) in [6.07, 6.45) is 6.70. The highest BCUT2D eigenvalue weighted by atomic mass is 16.4. The van der Waals surface area contributed by atoms with Gasteiger partial charge in [-0.15, -0.1) is 0 Å². The second-order valence-corrected chi connectivity index (χ2v) is 5.32. The molecule has 2 N–H and O–H groups in total. The van der Waals surface area contributed by atoms with Gasteiger partial charge in [0.25, 0.3) is 0 Å². The van der Waals surface area contributed by atoms with Gasteiger partial charge in [0.1, 0.15) is 0 Å². The third-order valence-corrected chi connectivity index (χ3v) is 3.91. The molecule has 0 bridgehead atoms. The third kappa shape index (κ3) is 3.58. The van der Waals surface area contributed by atoms with Crippen molar-refractivity contribution in [2.45, 2.75) is 44.7 Å². The molecule has 1 saturated carbocycles. The van der Waals surface area contributed by atoms with E-state index in [1.54, 1.807) is 12.1 Å². The van der Waals surface area contributed by atoms with Gasteiger partial charge < -0.3 is 10.0 Å². The van der Waals surface area contributed by atoms with Gasteiger partial charge in [-0.1, -0.05) is 43.5 Å². The Morgan fingerprint density at radius 3 is 2.28 bits per heavy atom. The number of rotatable bonds is 4. The molecule has 1 aliphatic rings. The zero-order chi connectivity index (χ0) is 13.0. The van der Waals surface area contributed by atoms with Crippen LogP contribution in [0.5, 0.6) is 0 Å². The van der Waals surface area contributed by atoms with Gasteiger partial charge in [-0.05, 0) is 30.9 Å². The van der Waals surface area contributed by atoms with E-state index < -0.39 is 7.12 Å². The van der Waals surface area contributed by atoms with Crippen molar-refractivity contribution >= 4 is 12.6 Å². The molecule has 1 aromatic rings. The van der Waals surface area contributed by atoms with Crippen molar-refractivity contribution in [3.05, 3.63) is 29.8 Å². The van der Waals surface area contributed by atoms with E-state index in [2.05, 4.69) is 11.9 Å². The summed E-state index contributed by atoms with van der Waals surface area (Å²) >= 11 is 0. The van der Waals surface area contributed by atoms with E-state index in [1.165, 1.54) is 37.7 Å². The van der Waals surface area contributed by atoms with Crippen LogP contribution in [0.1, 0.15) is 37.7 Å². The molecular weight excluding hydrogens is 225 g/mol. The molecular formula is C14H22BNO2. The topological polar surface area (TPSA) is 43.7 Å². The standard InChI is InChI=1S/C14H22BNO2/c1-16(14-5-3-2-4-6-14)11-12-7-9-13(10-8-12)15(17)18/h7-10,14,17-18H,2-6,11H2,1H3. The van der Waals surface area contributed by atoms with E-state index in [1.807, 2.05) is 12.1 Å². The van der Waals surface area contributed by atoms with Gasteiger partial charge in [0.2, 0.25) is 0 Å². The summed E-state index contributed by atoms with van der Waals surface area (Å²) in [5.41, 5.74) is 1.78. The highest BCUT2D eigenvalue weighted by molar-refractivity contribution is 6.58. The fraction of sp³-hybridized carbons (Fsp3) is 0.571. The van der Waals surface area contributed by atoms with E-state index >= 15 is 0 Å². The van der Waals surface area contributed by atoms with Crippen molar-refractivity contribution in [1.82, 2.24) is 4.90 Å². The second-order valence-electron chi connectivity index (χ2n) is 5.32. The van der Waals surface area contributed by atoms with Crippen molar-refractivity contribution in [2.24, 2.45) is 0 Å². The summed E-state index contributed by atoms with van der Waals surface area (Å²) in [6.45, 7) is 0.937. The van der Waals surface area contributed by atoms with E-state index in [9.17, 15) is 0 Å². The van der Waals surface area contributed by atoms with Crippen LogP contribution in [0.25, 0.3) is 0 Å². The van der Waals surface area contributed by atoms with Gasteiger partial charge in [0.15, 0.2) is 0 Å². The summed E-state index contributed by atoms with van der Waals surface area (Å²) in [5.74, 6) is 0. The fourth-order valence-electron chi connectivity index (χ4n) is 2.73. The van der Waals surface area contributed by atoms with E-state index in [-0.39, 0.29) is 0 Å². The monoisotopic (exact) mass is 247 g/mol. The first kappa shape index (κ1) is 13.6. The molecule has 2 rings (SSSR count). The van der Waals surface area contributed by atoms with E-state index in [4.69, 9.17) is 10.0 Å². The lowest BCUT2D eigenvalue weighted by Gasteiger charge is -2.31. The average Bonchev–Trinajstić information content (AvgIpc) is 2.40. The van der Waals surface area contributed by atoms with Gasteiger partial charge in [-0.25, -0.2) is 0 Å². The maximum atomic E-state index is 9.05. The van der Waals surface area contributed by atoms with Crippen molar-refractivity contribution in [1.29, 1.82) is 0 Å². The Bertz CT molecular complexity index is 361. The van der Waals surface area contributed by atoms with Crippen LogP contribution in [-0.2, 0) is 6.54 Å². The van der Waals surface area contributed by atoms with Gasteiger partial charge in [-0.2, -0.15) is 0 Å². The summed E-state index contributed by atoms with van der Waals surface area (Å²) in [5, 5.41) is 18.1. The van der Waals surface area contributed by atoms with Crippen LogP contribution in [0, 0.1) is 0 Å². The predicted molar refractivity (Wildman–Crippen MR) is 74.6 cm³/mol. The summed E-state index contributed by atoms with van der Waals surface area (Å²) in [7, 11) is 0.820. The van der Waals surface area contributed by atoms with Crippen LogP contribution in [0.15, 0.2) is 24.3 Å². The molecule has 1 aliphatic carbocycles. The minimum Gasteiger partial charge on any atom is -0.423 e. The summed E-state index contributed by atoms with van der Waals surface area (Å²) in [4.78, 5) is 2.42. The smallest absolute Gasteiger partial charge is 0.423 e. The molecule has 0 atom stereocenters. The Morgan fingerprint density at radius 2 is 1.72 bits per heavy atom. The average molecular weight is 247 g/mol. The van der Waals surface area contributed by atoms with Crippen molar-refractivity contribution in [3.8, 4) is 0 Å². The van der Waals surface area contributed by atoms with Crippen molar-refractivity contribution in [2.75, 3.05) is 7.05 Å². The first-order chi connectivity index (χ1) is 8.66. The Morgan fingerprint density at radius 1 is 1.11 bits per heavy atom. The Hall–Kier alpha value is -0.835. The molecule has 98 valence electrons. The van der Waals surface area contributed by atoms with Crippen molar-refractivity contribution < 1.29 is 10.0 Å². The quantitative estimate of drug-likeness (QED) is 0.784. The molecule has 18 heavy (non-hydrogen) atoms. The lowest BCUT2D eigenvalue weighted by Crippen LogP contribution is -2.33. The molecule has 0 aliphatic heterocycles. The van der Waals surface area contributed by atoms with Crippen LogP contribution in [-0.4, -0.2) is 35.2 Å². The number of benzene rings is 1. The SMILES string of the molecule is CN(Cc1ccc(B(O)O)cc1)C1CCCCC1. The van der Waals surface area contributed by atoms with Gasteiger partial charge >= 0.3 is 7.12 Å². The normalized spacial score (nSPS) is 17.1. The minimum absolute atomic E-state index is 0.555. The first-order valence-corrected chi connectivity index (χ1v) is 6.82. The van der Waals surface area contributed by atoms with Gasteiger partial charge in [0, 0.05) is 12.6 Å². The fourth-order valence-corrected chi connectivity index (χ4v) is 2.73. The molecule has 0 radical (unpaired) electrons. The van der Waals surface area contributed by atoms with Crippen LogP contribution >= 0.6 is 0 Å². The third-order valence-electron chi connectivity index (χ3n) is 3.91. The predicted octanol–water partition coefficient (Wildman–Crippen LogP) is 1.13. The molecule has 0 spiro atoms. The lowest BCUT2D eigenvalue weighted by atomic mass is 9.80. The van der Waals surface area contributed by atoms with Crippen molar-refractivity contribution in [3.63, 3.8) is 0 Å². The number of hydrogen-bond acceptors (Lipinski definition) is 3.